The van der Waals surface area contributed by atoms with E-state index in [4.69, 9.17) is 20.4 Å². The predicted octanol–water partition coefficient (Wildman–Crippen LogP) is -2.44. The monoisotopic (exact) mass is 328 g/mol. The number of ether oxygens (including phenoxy) is 2. The van der Waals surface area contributed by atoms with E-state index in [0.717, 1.165) is 0 Å². The van der Waals surface area contributed by atoms with Crippen LogP contribution in [0.3, 0.4) is 0 Å². The van der Waals surface area contributed by atoms with Gasteiger partial charge < -0.3 is 29.9 Å². The molecule has 0 saturated carbocycles. The molecule has 0 spiro atoms. The summed E-state index contributed by atoms with van der Waals surface area (Å²) in [6, 6.07) is 5.50. The number of aliphatic hydroxyl groups is 3. The summed E-state index contributed by atoms with van der Waals surface area (Å²) in [5.74, 6) is 3.11. The van der Waals surface area contributed by atoms with Gasteiger partial charge in [-0.2, -0.15) is 0 Å². The summed E-state index contributed by atoms with van der Waals surface area (Å²) in [4.78, 5) is 22.3. The van der Waals surface area contributed by atoms with Crippen LogP contribution < -0.4 is 16.0 Å². The third kappa shape index (κ3) is 3.57. The van der Waals surface area contributed by atoms with Crippen molar-refractivity contribution >= 4 is 11.9 Å². The summed E-state index contributed by atoms with van der Waals surface area (Å²) >= 11 is 0. The third-order valence-corrected chi connectivity index (χ3v) is 3.31. The summed E-state index contributed by atoms with van der Waals surface area (Å²) < 4.78 is 10.2. The summed E-state index contributed by atoms with van der Waals surface area (Å²) in [6.07, 6.45) is -8.47. The highest BCUT2D eigenvalue weighted by Gasteiger charge is 2.48. The Kier molecular flexibility index (Phi) is 5.13. The van der Waals surface area contributed by atoms with Crippen molar-refractivity contribution < 1.29 is 39.5 Å². The van der Waals surface area contributed by atoms with Crippen molar-refractivity contribution in [2.45, 2.75) is 30.7 Å². The second-order valence-corrected chi connectivity index (χ2v) is 4.85. The molecule has 0 bridgehead atoms. The van der Waals surface area contributed by atoms with E-state index in [1.165, 1.54) is 24.3 Å². The summed E-state index contributed by atoms with van der Waals surface area (Å²) in [7, 11) is 0. The molecule has 7 N–H and O–H groups in total. The fourth-order valence-electron chi connectivity index (χ4n) is 2.05. The fourth-order valence-corrected chi connectivity index (χ4v) is 2.05. The van der Waals surface area contributed by atoms with Crippen molar-refractivity contribution in [3.63, 3.8) is 0 Å². The smallest absolute Gasteiger partial charge is 0.335 e. The third-order valence-electron chi connectivity index (χ3n) is 3.31. The number of aliphatic carboxylic acids is 1. The number of hydrogen-bond acceptors (Lipinski definition) is 8. The quantitative estimate of drug-likeness (QED) is 0.199. The van der Waals surface area contributed by atoms with Gasteiger partial charge in [-0.05, 0) is 24.3 Å². The van der Waals surface area contributed by atoms with Crippen LogP contribution in [0.2, 0.25) is 0 Å². The lowest BCUT2D eigenvalue weighted by Crippen LogP contribution is -2.61. The molecule has 1 aliphatic heterocycles. The molecule has 0 aliphatic carbocycles. The molecular formula is C13H16N2O8. The number of rotatable bonds is 4. The van der Waals surface area contributed by atoms with Crippen LogP contribution in [0, 0.1) is 0 Å². The molecule has 1 aromatic rings. The average molecular weight is 328 g/mol. The van der Waals surface area contributed by atoms with E-state index in [2.05, 4.69) is 0 Å². The van der Waals surface area contributed by atoms with Crippen LogP contribution >= 0.6 is 0 Å². The van der Waals surface area contributed by atoms with Crippen molar-refractivity contribution in [1.82, 2.24) is 5.43 Å². The van der Waals surface area contributed by atoms with Gasteiger partial charge in [-0.1, -0.05) is 0 Å². The van der Waals surface area contributed by atoms with Crippen LogP contribution in [0.1, 0.15) is 10.4 Å². The number of hydrogen-bond donors (Lipinski definition) is 6. The number of carbonyl (C=O) groups excluding carboxylic acids is 1. The molecule has 1 heterocycles. The van der Waals surface area contributed by atoms with Crippen LogP contribution in [0.25, 0.3) is 0 Å². The first-order valence-corrected chi connectivity index (χ1v) is 6.55. The lowest BCUT2D eigenvalue weighted by molar-refractivity contribution is -0.271. The number of carbonyl (C=O) groups is 2. The summed E-state index contributed by atoms with van der Waals surface area (Å²) in [5, 5.41) is 38.0. The maximum Gasteiger partial charge on any atom is 0.335 e. The number of benzene rings is 1. The van der Waals surface area contributed by atoms with Crippen molar-refractivity contribution in [1.29, 1.82) is 0 Å². The molecule has 1 aliphatic rings. The van der Waals surface area contributed by atoms with Crippen LogP contribution in [-0.2, 0) is 9.53 Å². The number of nitrogen functional groups attached to an aromatic ring is 1. The second-order valence-electron chi connectivity index (χ2n) is 4.85. The van der Waals surface area contributed by atoms with Crippen molar-refractivity contribution in [3.05, 3.63) is 29.8 Å². The van der Waals surface area contributed by atoms with E-state index >= 15 is 0 Å². The summed E-state index contributed by atoms with van der Waals surface area (Å²) in [5.41, 5.74) is 2.20. The molecular weight excluding hydrogens is 312 g/mol. The molecule has 5 unspecified atom stereocenters. The number of nitrogens with one attached hydrogen (secondary N) is 1. The van der Waals surface area contributed by atoms with E-state index < -0.39 is 42.6 Å². The first-order chi connectivity index (χ1) is 10.8. The average Bonchev–Trinajstić information content (AvgIpc) is 2.55. The second kappa shape index (κ2) is 6.89. The minimum absolute atomic E-state index is 0.148. The molecule has 126 valence electrons. The number of nitrogens with two attached hydrogens (primary N) is 1. The minimum atomic E-state index is -1.79. The molecule has 1 amide bonds. The van der Waals surface area contributed by atoms with Crippen molar-refractivity contribution in [3.8, 4) is 5.75 Å². The molecule has 23 heavy (non-hydrogen) atoms. The van der Waals surface area contributed by atoms with E-state index in [9.17, 15) is 24.9 Å². The van der Waals surface area contributed by atoms with Gasteiger partial charge in [0.25, 0.3) is 5.91 Å². The number of hydrazine groups is 1. The van der Waals surface area contributed by atoms with Crippen LogP contribution in [-0.4, -0.2) is 63.0 Å². The number of amides is 1. The maximum atomic E-state index is 11.3. The number of carboxylic acids is 1. The topological polar surface area (TPSA) is 172 Å². The molecule has 10 nitrogen and oxygen atoms in total. The highest BCUT2D eigenvalue weighted by atomic mass is 16.7. The van der Waals surface area contributed by atoms with Gasteiger partial charge in [-0.3, -0.25) is 10.2 Å². The molecule has 0 aromatic heterocycles. The number of carboxylic acid groups (broad SMARTS) is 1. The lowest BCUT2D eigenvalue weighted by Gasteiger charge is -2.38. The van der Waals surface area contributed by atoms with Gasteiger partial charge in [0.2, 0.25) is 6.29 Å². The minimum Gasteiger partial charge on any atom is -0.479 e. The predicted molar refractivity (Wildman–Crippen MR) is 73.0 cm³/mol. The highest BCUT2D eigenvalue weighted by molar-refractivity contribution is 5.93. The van der Waals surface area contributed by atoms with Gasteiger partial charge in [-0.25, -0.2) is 10.6 Å². The Balaban J connectivity index is 2.11. The highest BCUT2D eigenvalue weighted by Crippen LogP contribution is 2.24. The Morgan fingerprint density at radius 2 is 1.70 bits per heavy atom. The zero-order valence-electron chi connectivity index (χ0n) is 11.7. The van der Waals surface area contributed by atoms with Crippen LogP contribution in [0.5, 0.6) is 5.75 Å². The Bertz CT molecular complexity index is 578. The Morgan fingerprint density at radius 1 is 1.09 bits per heavy atom. The molecule has 1 saturated heterocycles. The van der Waals surface area contributed by atoms with Gasteiger partial charge in [0.1, 0.15) is 24.1 Å². The molecule has 1 aromatic carbocycles. The van der Waals surface area contributed by atoms with Gasteiger partial charge in [-0.15, -0.1) is 0 Å². The normalized spacial score (nSPS) is 30.5. The molecule has 2 rings (SSSR count). The number of aliphatic hydroxyl groups excluding tert-OH is 3. The van der Waals surface area contributed by atoms with Gasteiger partial charge in [0.05, 0.1) is 0 Å². The van der Waals surface area contributed by atoms with Gasteiger partial charge in [0, 0.05) is 5.56 Å². The lowest BCUT2D eigenvalue weighted by atomic mass is 9.99. The molecule has 5 atom stereocenters. The van der Waals surface area contributed by atoms with Crippen LogP contribution in [0.15, 0.2) is 24.3 Å². The first kappa shape index (κ1) is 17.1. The first-order valence-electron chi connectivity index (χ1n) is 6.55. The largest absolute Gasteiger partial charge is 0.479 e. The molecule has 1 fully saturated rings. The zero-order valence-corrected chi connectivity index (χ0v) is 11.7. The maximum absolute atomic E-state index is 11.3. The van der Waals surface area contributed by atoms with E-state index in [0.29, 0.717) is 0 Å². The van der Waals surface area contributed by atoms with Crippen molar-refractivity contribution in [2.75, 3.05) is 0 Å². The van der Waals surface area contributed by atoms with Crippen LogP contribution in [0.4, 0.5) is 0 Å². The van der Waals surface area contributed by atoms with Crippen molar-refractivity contribution in [2.24, 2.45) is 5.84 Å². The standard InChI is InChI=1S/C13H16N2O8/c14-15-11(19)5-1-3-6(4-2-5)22-13-9(18)7(16)8(17)10(23-13)12(20)21/h1-4,7-10,13,16-18H,14H2,(H,15,19)(H,20,21). The SMILES string of the molecule is NNC(=O)c1ccc(OC2OC(C(=O)O)C(O)C(O)C2O)cc1. The van der Waals surface area contributed by atoms with E-state index in [-0.39, 0.29) is 11.3 Å². The fraction of sp³-hybridized carbons (Fsp3) is 0.385. The van der Waals surface area contributed by atoms with Gasteiger partial charge in [0.15, 0.2) is 6.10 Å². The Morgan fingerprint density at radius 3 is 2.22 bits per heavy atom. The molecule has 0 radical (unpaired) electrons. The Labute approximate surface area is 130 Å². The van der Waals surface area contributed by atoms with Gasteiger partial charge >= 0.3 is 5.97 Å². The zero-order chi connectivity index (χ0) is 17.1. The summed E-state index contributed by atoms with van der Waals surface area (Å²) in [6.45, 7) is 0. The van der Waals surface area contributed by atoms with E-state index in [1.54, 1.807) is 0 Å². The van der Waals surface area contributed by atoms with E-state index in [1.807, 2.05) is 5.43 Å². The Hall–Kier alpha value is -2.24. The molecule has 10 heteroatoms.